The van der Waals surface area contributed by atoms with Gasteiger partial charge in [0.05, 0.1) is 5.69 Å². The number of hydrogen-bond acceptors (Lipinski definition) is 6. The highest BCUT2D eigenvalue weighted by atomic mass is 32.1. The fraction of sp³-hybridized carbons (Fsp3) is 0.280. The van der Waals surface area contributed by atoms with Crippen LogP contribution in [0.5, 0.6) is 0 Å². The summed E-state index contributed by atoms with van der Waals surface area (Å²) in [5, 5.41) is 3.01. The molecular formula is C25H25F2N5O3S. The summed E-state index contributed by atoms with van der Waals surface area (Å²) in [7, 11) is 0. The molecule has 188 valence electrons. The van der Waals surface area contributed by atoms with Crippen LogP contribution in [0.3, 0.4) is 0 Å². The van der Waals surface area contributed by atoms with Crippen LogP contribution >= 0.6 is 11.5 Å². The quantitative estimate of drug-likeness (QED) is 0.424. The average Bonchev–Trinajstić information content (AvgIpc) is 3.50. The Kier molecular flexibility index (Phi) is 7.58. The maximum atomic E-state index is 13.8. The number of aromatic nitrogens is 1. The second-order valence-corrected chi connectivity index (χ2v) is 9.42. The normalized spacial score (nSPS) is 14.4. The lowest BCUT2D eigenvalue weighted by Crippen LogP contribution is -2.45. The van der Waals surface area contributed by atoms with Crippen molar-refractivity contribution in [1.82, 2.24) is 14.6 Å². The highest BCUT2D eigenvalue weighted by Gasteiger charge is 2.36. The molecule has 3 aromatic rings. The minimum Gasteiger partial charge on any atom is -0.395 e. The van der Waals surface area contributed by atoms with Crippen LogP contribution < -0.4 is 16.8 Å². The lowest BCUT2D eigenvalue weighted by Gasteiger charge is -2.32. The molecule has 0 unspecified atom stereocenters. The fourth-order valence-corrected chi connectivity index (χ4v) is 5.06. The number of nitrogens with zero attached hydrogens (tertiary/aromatic N) is 2. The largest absolute Gasteiger partial charge is 0.395 e. The van der Waals surface area contributed by atoms with Gasteiger partial charge >= 0.3 is 0 Å². The Bertz CT molecular complexity index is 1260. The van der Waals surface area contributed by atoms with Gasteiger partial charge < -0.3 is 21.7 Å². The van der Waals surface area contributed by atoms with Gasteiger partial charge in [0, 0.05) is 12.6 Å². The Labute approximate surface area is 210 Å². The summed E-state index contributed by atoms with van der Waals surface area (Å²) in [5.41, 5.74) is 11.8. The van der Waals surface area contributed by atoms with E-state index in [9.17, 15) is 23.2 Å². The number of benzene rings is 2. The first kappa shape index (κ1) is 25.2. The van der Waals surface area contributed by atoms with Gasteiger partial charge in [-0.25, -0.2) is 8.78 Å². The third kappa shape index (κ3) is 5.51. The number of hydrogen-bond donors (Lipinski definition) is 3. The molecular weight excluding hydrogens is 488 g/mol. The molecule has 0 spiro atoms. The van der Waals surface area contributed by atoms with Gasteiger partial charge in [0.25, 0.3) is 11.8 Å². The molecule has 1 aromatic heterocycles. The summed E-state index contributed by atoms with van der Waals surface area (Å²) >= 11 is 0.695. The summed E-state index contributed by atoms with van der Waals surface area (Å²) in [6.45, 7) is -0.0948. The van der Waals surface area contributed by atoms with Crippen molar-refractivity contribution in [3.63, 3.8) is 0 Å². The number of carbonyl (C=O) groups is 3. The molecule has 5 N–H and O–H groups in total. The van der Waals surface area contributed by atoms with E-state index in [1.807, 2.05) is 0 Å². The number of halogens is 2. The van der Waals surface area contributed by atoms with E-state index in [-0.39, 0.29) is 28.8 Å². The molecule has 3 amide bonds. The molecule has 0 radical (unpaired) electrons. The molecule has 1 saturated carbocycles. The lowest BCUT2D eigenvalue weighted by molar-refractivity contribution is -0.126. The summed E-state index contributed by atoms with van der Waals surface area (Å²) in [4.78, 5) is 40.3. The van der Waals surface area contributed by atoms with E-state index < -0.39 is 35.4 Å². The van der Waals surface area contributed by atoms with Crippen LogP contribution in [0.2, 0.25) is 0 Å². The van der Waals surface area contributed by atoms with Crippen molar-refractivity contribution in [3.8, 4) is 0 Å². The highest BCUT2D eigenvalue weighted by Crippen LogP contribution is 2.31. The molecule has 1 fully saturated rings. The van der Waals surface area contributed by atoms with Gasteiger partial charge in [0.15, 0.2) is 5.69 Å². The minimum atomic E-state index is -1.16. The van der Waals surface area contributed by atoms with Crippen molar-refractivity contribution >= 4 is 34.9 Å². The molecule has 1 aliphatic carbocycles. The molecule has 0 bridgehead atoms. The van der Waals surface area contributed by atoms with E-state index >= 15 is 0 Å². The summed E-state index contributed by atoms with van der Waals surface area (Å²) in [6.07, 6.45) is 3.60. The van der Waals surface area contributed by atoms with Crippen molar-refractivity contribution in [2.24, 2.45) is 5.73 Å². The van der Waals surface area contributed by atoms with Crippen LogP contribution in [0.1, 0.15) is 63.0 Å². The van der Waals surface area contributed by atoms with E-state index in [1.54, 1.807) is 0 Å². The second-order valence-electron chi connectivity index (χ2n) is 8.64. The third-order valence-electron chi connectivity index (χ3n) is 6.13. The Hall–Kier alpha value is -3.86. The van der Waals surface area contributed by atoms with Crippen molar-refractivity contribution in [2.75, 3.05) is 5.73 Å². The third-order valence-corrected chi connectivity index (χ3v) is 6.98. The molecule has 1 aliphatic rings. The summed E-state index contributed by atoms with van der Waals surface area (Å²) in [6, 6.07) is 9.56. The van der Waals surface area contributed by atoms with Gasteiger partial charge in [-0.05, 0) is 59.8 Å². The van der Waals surface area contributed by atoms with Crippen molar-refractivity contribution < 1.29 is 23.2 Å². The van der Waals surface area contributed by atoms with Gasteiger partial charge in [0.1, 0.15) is 22.6 Å². The van der Waals surface area contributed by atoms with Crippen LogP contribution in [-0.4, -0.2) is 33.0 Å². The minimum absolute atomic E-state index is 0.0434. The van der Waals surface area contributed by atoms with E-state index in [0.717, 1.165) is 25.7 Å². The monoisotopic (exact) mass is 513 g/mol. The van der Waals surface area contributed by atoms with Crippen LogP contribution in [0, 0.1) is 11.6 Å². The Balaban J connectivity index is 1.79. The fourth-order valence-electron chi connectivity index (χ4n) is 4.29. The van der Waals surface area contributed by atoms with Crippen LogP contribution in [0.15, 0.2) is 48.5 Å². The number of rotatable bonds is 8. The standard InChI is InChI=1S/C25H25F2N5O3S/c26-16-9-5-14(6-10-16)13-32(25(35)22-19(28)20(23(29)33)31-36-22)21(15-7-11-17(27)12-8-15)24(34)30-18-3-1-2-4-18/h5-12,18,21H,1-4,13,28H2,(H2,29,33)(H,30,34)/t21-/m1/s1. The first-order chi connectivity index (χ1) is 17.2. The average molecular weight is 514 g/mol. The predicted molar refractivity (Wildman–Crippen MR) is 131 cm³/mol. The molecule has 0 saturated heterocycles. The van der Waals surface area contributed by atoms with Crippen molar-refractivity contribution in [2.45, 2.75) is 44.3 Å². The van der Waals surface area contributed by atoms with Gasteiger partial charge in [-0.3, -0.25) is 14.4 Å². The number of nitrogens with one attached hydrogen (secondary N) is 1. The van der Waals surface area contributed by atoms with Gasteiger partial charge in [-0.1, -0.05) is 37.1 Å². The zero-order valence-corrected chi connectivity index (χ0v) is 20.1. The van der Waals surface area contributed by atoms with Crippen molar-refractivity contribution in [3.05, 3.63) is 81.9 Å². The van der Waals surface area contributed by atoms with Crippen LogP contribution in [0.25, 0.3) is 0 Å². The molecule has 0 aliphatic heterocycles. The van der Waals surface area contributed by atoms with E-state index in [0.29, 0.717) is 22.7 Å². The molecule has 11 heteroatoms. The maximum absolute atomic E-state index is 13.8. The number of nitrogens with two attached hydrogens (primary N) is 2. The SMILES string of the molecule is NC(=O)c1nsc(C(=O)N(Cc2ccc(F)cc2)[C@@H](C(=O)NC2CCCC2)c2ccc(F)cc2)c1N. The molecule has 1 atom stereocenters. The Morgan fingerprint density at radius 1 is 1.03 bits per heavy atom. The first-order valence-corrected chi connectivity index (χ1v) is 12.2. The lowest BCUT2D eigenvalue weighted by atomic mass is 10.0. The zero-order valence-electron chi connectivity index (χ0n) is 19.2. The zero-order chi connectivity index (χ0) is 25.8. The molecule has 4 rings (SSSR count). The van der Waals surface area contributed by atoms with Crippen LogP contribution in [-0.2, 0) is 11.3 Å². The molecule has 8 nitrogen and oxygen atoms in total. The molecule has 1 heterocycles. The van der Waals surface area contributed by atoms with Gasteiger partial charge in [-0.15, -0.1) is 0 Å². The van der Waals surface area contributed by atoms with Gasteiger partial charge in [-0.2, -0.15) is 4.37 Å². The summed E-state index contributed by atoms with van der Waals surface area (Å²) in [5.74, 6) is -2.95. The second kappa shape index (κ2) is 10.8. The smallest absolute Gasteiger partial charge is 0.270 e. The highest BCUT2D eigenvalue weighted by molar-refractivity contribution is 7.09. The topological polar surface area (TPSA) is 131 Å². The maximum Gasteiger partial charge on any atom is 0.270 e. The van der Waals surface area contributed by atoms with E-state index in [4.69, 9.17) is 11.5 Å². The van der Waals surface area contributed by atoms with E-state index in [1.165, 1.54) is 53.4 Å². The Morgan fingerprint density at radius 3 is 2.17 bits per heavy atom. The summed E-state index contributed by atoms with van der Waals surface area (Å²) < 4.78 is 31.2. The predicted octanol–water partition coefficient (Wildman–Crippen LogP) is 3.54. The van der Waals surface area contributed by atoms with Crippen LogP contribution in [0.4, 0.5) is 14.5 Å². The number of anilines is 1. The molecule has 36 heavy (non-hydrogen) atoms. The van der Waals surface area contributed by atoms with Crippen molar-refractivity contribution in [1.29, 1.82) is 0 Å². The van der Waals surface area contributed by atoms with Gasteiger partial charge in [0.2, 0.25) is 5.91 Å². The number of nitrogen functional groups attached to an aromatic ring is 1. The Morgan fingerprint density at radius 2 is 1.61 bits per heavy atom. The first-order valence-electron chi connectivity index (χ1n) is 11.4. The number of amides is 3. The number of carbonyl (C=O) groups excluding carboxylic acids is 3. The molecule has 2 aromatic carbocycles. The van der Waals surface area contributed by atoms with E-state index in [2.05, 4.69) is 9.69 Å². The number of primary amides is 1.